The summed E-state index contributed by atoms with van der Waals surface area (Å²) in [6.07, 6.45) is 0.656. The molecule has 2 rings (SSSR count). The SMILES string of the molecule is CC(=O)Sc1ccc(CCOC(=O)c2ccccc2)cc1. The molecular weight excluding hydrogens is 284 g/mol. The van der Waals surface area contributed by atoms with E-state index in [1.165, 1.54) is 11.8 Å². The monoisotopic (exact) mass is 300 g/mol. The molecule has 2 aromatic rings. The molecule has 0 atom stereocenters. The van der Waals surface area contributed by atoms with Crippen LogP contribution in [0.2, 0.25) is 0 Å². The van der Waals surface area contributed by atoms with Crippen LogP contribution >= 0.6 is 11.8 Å². The van der Waals surface area contributed by atoms with Gasteiger partial charge in [-0.2, -0.15) is 0 Å². The summed E-state index contributed by atoms with van der Waals surface area (Å²) < 4.78 is 5.23. The van der Waals surface area contributed by atoms with E-state index in [1.807, 2.05) is 42.5 Å². The van der Waals surface area contributed by atoms with E-state index in [0.717, 1.165) is 10.5 Å². The summed E-state index contributed by atoms with van der Waals surface area (Å²) in [7, 11) is 0. The Morgan fingerprint density at radius 2 is 1.67 bits per heavy atom. The van der Waals surface area contributed by atoms with Gasteiger partial charge in [0.2, 0.25) is 0 Å². The number of ether oxygens (including phenoxy) is 1. The average molecular weight is 300 g/mol. The Balaban J connectivity index is 1.81. The lowest BCUT2D eigenvalue weighted by atomic mass is 10.2. The van der Waals surface area contributed by atoms with Crippen LogP contribution in [0, 0.1) is 0 Å². The lowest BCUT2D eigenvalue weighted by Crippen LogP contribution is -2.07. The van der Waals surface area contributed by atoms with Crippen LogP contribution in [0.1, 0.15) is 22.8 Å². The van der Waals surface area contributed by atoms with Gasteiger partial charge in [0.05, 0.1) is 12.2 Å². The first-order valence-electron chi connectivity index (χ1n) is 6.64. The Morgan fingerprint density at radius 3 is 2.29 bits per heavy atom. The van der Waals surface area contributed by atoms with E-state index in [-0.39, 0.29) is 11.1 Å². The molecule has 0 fully saturated rings. The van der Waals surface area contributed by atoms with Crippen molar-refractivity contribution in [1.29, 1.82) is 0 Å². The maximum atomic E-state index is 11.7. The molecular formula is C17H16O3S. The molecule has 0 aromatic heterocycles. The number of rotatable bonds is 5. The number of benzene rings is 2. The van der Waals surface area contributed by atoms with E-state index in [1.54, 1.807) is 19.1 Å². The minimum atomic E-state index is -0.306. The Hall–Kier alpha value is -2.07. The highest BCUT2D eigenvalue weighted by Crippen LogP contribution is 2.19. The Bertz CT molecular complexity index is 606. The van der Waals surface area contributed by atoms with E-state index in [9.17, 15) is 9.59 Å². The summed E-state index contributed by atoms with van der Waals surface area (Å²) in [5, 5.41) is 0.0690. The highest BCUT2D eigenvalue weighted by Gasteiger charge is 2.05. The summed E-state index contributed by atoms with van der Waals surface area (Å²) in [6.45, 7) is 1.88. The Labute approximate surface area is 128 Å². The van der Waals surface area contributed by atoms with Gasteiger partial charge in [-0.15, -0.1) is 0 Å². The van der Waals surface area contributed by atoms with Crippen molar-refractivity contribution in [3.05, 3.63) is 65.7 Å². The van der Waals surface area contributed by atoms with Gasteiger partial charge in [0.15, 0.2) is 5.12 Å². The fraction of sp³-hybridized carbons (Fsp3) is 0.176. The van der Waals surface area contributed by atoms with Crippen LogP contribution < -0.4 is 0 Å². The van der Waals surface area contributed by atoms with Crippen molar-refractivity contribution in [3.8, 4) is 0 Å². The van der Waals surface area contributed by atoms with E-state index >= 15 is 0 Å². The van der Waals surface area contributed by atoms with Gasteiger partial charge in [-0.25, -0.2) is 4.79 Å². The van der Waals surface area contributed by atoms with Crippen LogP contribution in [0.3, 0.4) is 0 Å². The lowest BCUT2D eigenvalue weighted by Gasteiger charge is -2.05. The van der Waals surface area contributed by atoms with Gasteiger partial charge >= 0.3 is 5.97 Å². The number of carbonyl (C=O) groups excluding carboxylic acids is 2. The molecule has 0 amide bonds. The lowest BCUT2D eigenvalue weighted by molar-refractivity contribution is -0.109. The highest BCUT2D eigenvalue weighted by atomic mass is 32.2. The highest BCUT2D eigenvalue weighted by molar-refractivity contribution is 8.13. The maximum absolute atomic E-state index is 11.7. The molecule has 0 saturated heterocycles. The fourth-order valence-corrected chi connectivity index (χ4v) is 2.41. The van der Waals surface area contributed by atoms with E-state index < -0.39 is 0 Å². The number of esters is 1. The van der Waals surface area contributed by atoms with Crippen LogP contribution in [0.4, 0.5) is 0 Å². The van der Waals surface area contributed by atoms with Gasteiger partial charge in [0.1, 0.15) is 0 Å². The van der Waals surface area contributed by atoms with Gasteiger partial charge in [-0.1, -0.05) is 42.1 Å². The molecule has 2 aromatic carbocycles. The van der Waals surface area contributed by atoms with Gasteiger partial charge in [-0.3, -0.25) is 4.79 Å². The third-order valence-corrected chi connectivity index (χ3v) is 3.61. The Morgan fingerprint density at radius 1 is 1.00 bits per heavy atom. The normalized spacial score (nSPS) is 10.1. The van der Waals surface area contributed by atoms with Crippen LogP contribution in [0.15, 0.2) is 59.5 Å². The first kappa shape index (κ1) is 15.3. The van der Waals surface area contributed by atoms with E-state index in [2.05, 4.69) is 0 Å². The topological polar surface area (TPSA) is 43.4 Å². The molecule has 0 unspecified atom stereocenters. The molecule has 108 valence electrons. The van der Waals surface area contributed by atoms with Gasteiger partial charge in [-0.05, 0) is 29.8 Å². The van der Waals surface area contributed by atoms with E-state index in [4.69, 9.17) is 4.74 Å². The number of thioether (sulfide) groups is 1. The minimum absolute atomic E-state index is 0.0690. The summed E-state index contributed by atoms with van der Waals surface area (Å²) in [6, 6.07) is 16.6. The molecule has 0 bridgehead atoms. The predicted molar refractivity (Wildman–Crippen MR) is 83.4 cm³/mol. The molecule has 0 saturated carbocycles. The quantitative estimate of drug-likeness (QED) is 0.623. The second-order valence-corrected chi connectivity index (χ2v) is 5.74. The van der Waals surface area contributed by atoms with Gasteiger partial charge < -0.3 is 4.74 Å². The first-order valence-corrected chi connectivity index (χ1v) is 7.46. The van der Waals surface area contributed by atoms with Crippen molar-refractivity contribution in [2.75, 3.05) is 6.61 Å². The molecule has 0 heterocycles. The second kappa shape index (κ2) is 7.64. The van der Waals surface area contributed by atoms with Crippen LogP contribution in [-0.2, 0) is 16.0 Å². The molecule has 0 spiro atoms. The first-order chi connectivity index (χ1) is 10.1. The van der Waals surface area contributed by atoms with Crippen molar-refractivity contribution >= 4 is 22.8 Å². The van der Waals surface area contributed by atoms with Crippen molar-refractivity contribution < 1.29 is 14.3 Å². The summed E-state index contributed by atoms with van der Waals surface area (Å²) >= 11 is 1.21. The van der Waals surface area contributed by atoms with Crippen LogP contribution in [0.25, 0.3) is 0 Å². The summed E-state index contributed by atoms with van der Waals surface area (Å²) in [5.74, 6) is -0.306. The minimum Gasteiger partial charge on any atom is -0.462 e. The van der Waals surface area contributed by atoms with Gasteiger partial charge in [0.25, 0.3) is 0 Å². The number of hydrogen-bond donors (Lipinski definition) is 0. The summed E-state index contributed by atoms with van der Waals surface area (Å²) in [4.78, 5) is 23.7. The van der Waals surface area contributed by atoms with Crippen molar-refractivity contribution in [1.82, 2.24) is 0 Å². The van der Waals surface area contributed by atoms with Crippen molar-refractivity contribution in [2.24, 2.45) is 0 Å². The van der Waals surface area contributed by atoms with Gasteiger partial charge in [0, 0.05) is 18.2 Å². The summed E-state index contributed by atoms with van der Waals surface area (Å²) in [5.41, 5.74) is 1.63. The predicted octanol–water partition coefficient (Wildman–Crippen LogP) is 3.72. The molecule has 0 aliphatic carbocycles. The largest absolute Gasteiger partial charge is 0.462 e. The standard InChI is InChI=1S/C17H16O3S/c1-13(18)21-16-9-7-14(8-10-16)11-12-20-17(19)15-5-3-2-4-6-15/h2-10H,11-12H2,1H3. The van der Waals surface area contributed by atoms with Crippen molar-refractivity contribution in [2.45, 2.75) is 18.2 Å². The number of hydrogen-bond acceptors (Lipinski definition) is 4. The molecule has 3 nitrogen and oxygen atoms in total. The molecule has 21 heavy (non-hydrogen) atoms. The smallest absolute Gasteiger partial charge is 0.338 e. The van der Waals surface area contributed by atoms with Crippen LogP contribution in [-0.4, -0.2) is 17.7 Å². The third kappa shape index (κ3) is 5.08. The maximum Gasteiger partial charge on any atom is 0.338 e. The van der Waals surface area contributed by atoms with E-state index in [0.29, 0.717) is 18.6 Å². The molecule has 0 radical (unpaired) electrons. The Kier molecular flexibility index (Phi) is 5.58. The van der Waals surface area contributed by atoms with Crippen molar-refractivity contribution in [3.63, 3.8) is 0 Å². The zero-order valence-electron chi connectivity index (χ0n) is 11.7. The van der Waals surface area contributed by atoms with Crippen LogP contribution in [0.5, 0.6) is 0 Å². The average Bonchev–Trinajstić information content (AvgIpc) is 2.49. The third-order valence-electron chi connectivity index (χ3n) is 2.82. The fourth-order valence-electron chi connectivity index (χ4n) is 1.81. The molecule has 0 aliphatic heterocycles. The molecule has 0 N–H and O–H groups in total. The second-order valence-electron chi connectivity index (χ2n) is 4.49. The molecule has 0 aliphatic rings. The molecule has 4 heteroatoms. The number of carbonyl (C=O) groups is 2. The zero-order chi connectivity index (χ0) is 15.1. The zero-order valence-corrected chi connectivity index (χ0v) is 12.6.